The fourth-order valence-corrected chi connectivity index (χ4v) is 2.12. The van der Waals surface area contributed by atoms with Crippen molar-refractivity contribution >= 4 is 27.7 Å². The normalized spacial score (nSPS) is 14.4. The lowest BCUT2D eigenvalue weighted by Gasteiger charge is -2.12. The third-order valence-electron chi connectivity index (χ3n) is 2.89. The van der Waals surface area contributed by atoms with E-state index in [1.807, 2.05) is 10.8 Å². The second kappa shape index (κ2) is 5.14. The van der Waals surface area contributed by atoms with E-state index in [1.54, 1.807) is 20.2 Å². The quantitative estimate of drug-likeness (QED) is 0.913. The maximum absolute atomic E-state index is 12.0. The number of carbonyl (C=O) groups excluding carboxylic acids is 2. The maximum atomic E-state index is 12.0. The Hall–Kier alpha value is -1.30. The van der Waals surface area contributed by atoms with Crippen LogP contribution in [0.3, 0.4) is 0 Å². The summed E-state index contributed by atoms with van der Waals surface area (Å²) in [6, 6.07) is 2.22. The average molecular weight is 314 g/mol. The molecular weight excluding hydrogens is 298 g/mol. The highest BCUT2D eigenvalue weighted by Crippen LogP contribution is 2.37. The molecule has 1 aromatic rings. The smallest absolute Gasteiger partial charge is 0.268 e. The molecular formula is C12H16BrN3O2. The van der Waals surface area contributed by atoms with E-state index < -0.39 is 0 Å². The van der Waals surface area contributed by atoms with E-state index in [2.05, 4.69) is 21.2 Å². The first kappa shape index (κ1) is 13.1. The molecule has 0 atom stereocenters. The van der Waals surface area contributed by atoms with Crippen molar-refractivity contribution < 1.29 is 9.59 Å². The van der Waals surface area contributed by atoms with Crippen LogP contribution in [-0.4, -0.2) is 41.9 Å². The molecule has 1 saturated carbocycles. The van der Waals surface area contributed by atoms with Gasteiger partial charge in [0, 0.05) is 30.8 Å². The zero-order valence-corrected chi connectivity index (χ0v) is 12.0. The summed E-state index contributed by atoms with van der Waals surface area (Å²) in [7, 11) is 3.33. The van der Waals surface area contributed by atoms with Crippen molar-refractivity contribution in [3.05, 3.63) is 22.4 Å². The van der Waals surface area contributed by atoms with Crippen LogP contribution in [0, 0.1) is 0 Å². The second-order valence-corrected chi connectivity index (χ2v) is 5.57. The van der Waals surface area contributed by atoms with Gasteiger partial charge in [0.2, 0.25) is 5.91 Å². The van der Waals surface area contributed by atoms with Crippen molar-refractivity contribution in [3.63, 3.8) is 0 Å². The van der Waals surface area contributed by atoms with Gasteiger partial charge < -0.3 is 14.8 Å². The molecule has 98 valence electrons. The number of hydrogen-bond donors (Lipinski definition) is 1. The van der Waals surface area contributed by atoms with Crippen molar-refractivity contribution in [1.29, 1.82) is 0 Å². The van der Waals surface area contributed by atoms with Gasteiger partial charge in [-0.15, -0.1) is 0 Å². The number of nitrogens with one attached hydrogen (secondary N) is 1. The summed E-state index contributed by atoms with van der Waals surface area (Å²) in [5.41, 5.74) is 0.607. The summed E-state index contributed by atoms with van der Waals surface area (Å²) < 4.78 is 2.86. The highest BCUT2D eigenvalue weighted by molar-refractivity contribution is 9.10. The van der Waals surface area contributed by atoms with Gasteiger partial charge in [0.1, 0.15) is 5.69 Å². The van der Waals surface area contributed by atoms with Crippen LogP contribution in [0.15, 0.2) is 16.7 Å². The van der Waals surface area contributed by atoms with Crippen LogP contribution >= 0.6 is 15.9 Å². The predicted octanol–water partition coefficient (Wildman–Crippen LogP) is 1.40. The van der Waals surface area contributed by atoms with Crippen molar-refractivity contribution in [2.24, 2.45) is 0 Å². The van der Waals surface area contributed by atoms with E-state index >= 15 is 0 Å². The molecule has 2 rings (SSSR count). The average Bonchev–Trinajstić information content (AvgIpc) is 3.08. The van der Waals surface area contributed by atoms with Crippen molar-refractivity contribution in [1.82, 2.24) is 14.8 Å². The molecule has 0 aliphatic heterocycles. The Labute approximate surface area is 114 Å². The first-order chi connectivity index (χ1) is 8.49. The van der Waals surface area contributed by atoms with Gasteiger partial charge in [0.05, 0.1) is 6.54 Å². The standard InChI is InChI=1S/C12H16BrN3O2/c1-15(2)11(17)6-14-12(18)10-5-8(13)7-16(10)9-3-4-9/h5,7,9H,3-4,6H2,1-2H3,(H,14,18). The van der Waals surface area contributed by atoms with E-state index in [1.165, 1.54) is 4.90 Å². The topological polar surface area (TPSA) is 54.3 Å². The van der Waals surface area contributed by atoms with E-state index in [4.69, 9.17) is 0 Å². The van der Waals surface area contributed by atoms with Crippen LogP contribution in [0.1, 0.15) is 29.4 Å². The summed E-state index contributed by atoms with van der Waals surface area (Å²) in [6.45, 7) is 0.0271. The van der Waals surface area contributed by atoms with Crippen LogP contribution < -0.4 is 5.32 Å². The Balaban J connectivity index is 2.02. The Morgan fingerprint density at radius 2 is 2.17 bits per heavy atom. The molecule has 1 N–H and O–H groups in total. The molecule has 1 fully saturated rings. The number of rotatable bonds is 4. The van der Waals surface area contributed by atoms with E-state index in [-0.39, 0.29) is 18.4 Å². The molecule has 1 heterocycles. The lowest BCUT2D eigenvalue weighted by atomic mass is 10.4. The van der Waals surface area contributed by atoms with Gasteiger partial charge in [0.25, 0.3) is 5.91 Å². The molecule has 2 amide bonds. The lowest BCUT2D eigenvalue weighted by molar-refractivity contribution is -0.127. The van der Waals surface area contributed by atoms with Crippen molar-refractivity contribution in [2.75, 3.05) is 20.6 Å². The van der Waals surface area contributed by atoms with Crippen LogP contribution in [0.25, 0.3) is 0 Å². The second-order valence-electron chi connectivity index (χ2n) is 4.65. The van der Waals surface area contributed by atoms with Crippen LogP contribution in [0.2, 0.25) is 0 Å². The molecule has 0 saturated heterocycles. The number of nitrogens with zero attached hydrogens (tertiary/aromatic N) is 2. The Kier molecular flexibility index (Phi) is 3.75. The molecule has 0 spiro atoms. The minimum Gasteiger partial charge on any atom is -0.347 e. The van der Waals surface area contributed by atoms with Gasteiger partial charge in [0.15, 0.2) is 0 Å². The number of hydrogen-bond acceptors (Lipinski definition) is 2. The molecule has 0 aromatic carbocycles. The molecule has 1 aliphatic carbocycles. The van der Waals surface area contributed by atoms with Gasteiger partial charge in [-0.3, -0.25) is 9.59 Å². The van der Waals surface area contributed by atoms with Crippen molar-refractivity contribution in [2.45, 2.75) is 18.9 Å². The SMILES string of the molecule is CN(C)C(=O)CNC(=O)c1cc(Br)cn1C1CC1. The van der Waals surface area contributed by atoms with Crippen molar-refractivity contribution in [3.8, 4) is 0 Å². The van der Waals surface area contributed by atoms with Crippen LogP contribution in [0.5, 0.6) is 0 Å². The van der Waals surface area contributed by atoms with E-state index in [9.17, 15) is 9.59 Å². The largest absolute Gasteiger partial charge is 0.347 e. The van der Waals surface area contributed by atoms with E-state index in [0.717, 1.165) is 17.3 Å². The highest BCUT2D eigenvalue weighted by atomic mass is 79.9. The molecule has 0 bridgehead atoms. The molecule has 18 heavy (non-hydrogen) atoms. The third-order valence-corrected chi connectivity index (χ3v) is 3.32. The monoisotopic (exact) mass is 313 g/mol. The first-order valence-corrected chi connectivity index (χ1v) is 6.64. The number of aromatic nitrogens is 1. The summed E-state index contributed by atoms with van der Waals surface area (Å²) in [5, 5.41) is 2.64. The molecule has 0 unspecified atom stereocenters. The number of halogens is 1. The Morgan fingerprint density at radius 1 is 1.50 bits per heavy atom. The van der Waals surface area contributed by atoms with Gasteiger partial charge in [-0.2, -0.15) is 0 Å². The fourth-order valence-electron chi connectivity index (χ4n) is 1.69. The summed E-state index contributed by atoms with van der Waals surface area (Å²) in [4.78, 5) is 24.9. The molecule has 1 aliphatic rings. The first-order valence-electron chi connectivity index (χ1n) is 5.84. The van der Waals surface area contributed by atoms with Crippen LogP contribution in [-0.2, 0) is 4.79 Å². The highest BCUT2D eigenvalue weighted by Gasteiger charge is 2.27. The summed E-state index contributed by atoms with van der Waals surface area (Å²) in [6.07, 6.45) is 4.14. The fraction of sp³-hybridized carbons (Fsp3) is 0.500. The lowest BCUT2D eigenvalue weighted by Crippen LogP contribution is -2.36. The summed E-state index contributed by atoms with van der Waals surface area (Å²) in [5.74, 6) is -0.324. The Bertz CT molecular complexity index is 478. The zero-order valence-electron chi connectivity index (χ0n) is 10.4. The minimum absolute atomic E-state index is 0.0271. The van der Waals surface area contributed by atoms with Crippen LogP contribution in [0.4, 0.5) is 0 Å². The zero-order chi connectivity index (χ0) is 13.3. The molecule has 0 radical (unpaired) electrons. The van der Waals surface area contributed by atoms with Gasteiger partial charge in [-0.25, -0.2) is 0 Å². The number of amides is 2. The molecule has 6 heteroatoms. The molecule has 5 nitrogen and oxygen atoms in total. The van der Waals surface area contributed by atoms with Gasteiger partial charge in [-0.05, 0) is 34.8 Å². The number of carbonyl (C=O) groups is 2. The Morgan fingerprint density at radius 3 is 2.72 bits per heavy atom. The third kappa shape index (κ3) is 2.93. The van der Waals surface area contributed by atoms with Gasteiger partial charge in [-0.1, -0.05) is 0 Å². The van der Waals surface area contributed by atoms with Gasteiger partial charge >= 0.3 is 0 Å². The molecule has 1 aromatic heterocycles. The summed E-state index contributed by atoms with van der Waals surface area (Å²) >= 11 is 3.37. The number of likely N-dealkylation sites (N-methyl/N-ethyl adjacent to an activating group) is 1. The van der Waals surface area contributed by atoms with E-state index in [0.29, 0.717) is 11.7 Å². The minimum atomic E-state index is -0.206. The predicted molar refractivity (Wildman–Crippen MR) is 71.4 cm³/mol. The maximum Gasteiger partial charge on any atom is 0.268 e.